The Morgan fingerprint density at radius 1 is 1.00 bits per heavy atom. The van der Waals surface area contributed by atoms with Gasteiger partial charge in [0.25, 0.3) is 0 Å². The van der Waals surface area contributed by atoms with E-state index in [1.807, 2.05) is 0 Å². The van der Waals surface area contributed by atoms with Gasteiger partial charge in [-0.05, 0) is 13.8 Å². The Morgan fingerprint density at radius 3 is 1.54 bits per heavy atom. The second-order valence-electron chi connectivity index (χ2n) is 1.84. The molecule has 0 atom stereocenters. The van der Waals surface area contributed by atoms with Gasteiger partial charge in [-0.25, -0.2) is 9.59 Å². The van der Waals surface area contributed by atoms with Crippen LogP contribution in [-0.4, -0.2) is 70.6 Å². The Morgan fingerprint density at radius 2 is 1.31 bits per heavy atom. The molecule has 5 heteroatoms. The molecule has 0 heterocycles. The molecule has 0 saturated carbocycles. The van der Waals surface area contributed by atoms with E-state index in [1.54, 1.807) is 13.8 Å². The van der Waals surface area contributed by atoms with Gasteiger partial charge in [0.2, 0.25) is 0 Å². The molecule has 0 fully saturated rings. The Bertz CT molecular complexity index is 169. The summed E-state index contributed by atoms with van der Waals surface area (Å²) in [6, 6.07) is 0. The quantitative estimate of drug-likeness (QED) is 0.398. The van der Waals surface area contributed by atoms with E-state index in [0.717, 1.165) is 12.2 Å². The molecule has 0 aliphatic heterocycles. The first-order valence-electron chi connectivity index (χ1n) is 3.72. The van der Waals surface area contributed by atoms with Crippen LogP contribution in [0.1, 0.15) is 13.8 Å². The Labute approximate surface area is 115 Å². The number of hydrogen-bond acceptors (Lipinski definition) is 4. The molecule has 0 spiro atoms. The van der Waals surface area contributed by atoms with Crippen molar-refractivity contribution in [3.63, 3.8) is 0 Å². The first-order chi connectivity index (χ1) is 5.70. The molecule has 0 aliphatic rings. The molecule has 0 rings (SSSR count). The van der Waals surface area contributed by atoms with E-state index in [2.05, 4.69) is 9.47 Å². The maximum absolute atomic E-state index is 10.6. The summed E-state index contributed by atoms with van der Waals surface area (Å²) in [5.74, 6) is -1.07. The van der Waals surface area contributed by atoms with Crippen LogP contribution in [0.15, 0.2) is 12.2 Å². The van der Waals surface area contributed by atoms with Crippen molar-refractivity contribution >= 4 is 57.4 Å². The number of carbonyl (C=O) groups excluding carboxylic acids is 2. The second kappa shape index (κ2) is 10.2. The van der Waals surface area contributed by atoms with Crippen molar-refractivity contribution in [2.75, 3.05) is 13.2 Å². The third kappa shape index (κ3) is 10.1. The third-order valence-corrected chi connectivity index (χ3v) is 0.929. The minimum atomic E-state index is -0.537. The standard InChI is InChI=1S/C8H12O4.Sr.2H/c1-3-11-7(9)5-6-8(10)12-4-2;;;/h5-6H,3-4H2,1-2H3;;;/b6-5+;;;. The summed E-state index contributed by atoms with van der Waals surface area (Å²) >= 11 is 0. The van der Waals surface area contributed by atoms with Crippen molar-refractivity contribution in [2.24, 2.45) is 0 Å². The van der Waals surface area contributed by atoms with Gasteiger partial charge in [-0.2, -0.15) is 0 Å². The van der Waals surface area contributed by atoms with E-state index in [9.17, 15) is 9.59 Å². The minimum absolute atomic E-state index is 0. The third-order valence-electron chi connectivity index (χ3n) is 0.929. The van der Waals surface area contributed by atoms with Crippen molar-refractivity contribution in [1.29, 1.82) is 0 Å². The first kappa shape index (κ1) is 15.6. The normalized spacial score (nSPS) is 9.08. The Balaban J connectivity index is 0. The molecule has 4 nitrogen and oxygen atoms in total. The fourth-order valence-electron chi connectivity index (χ4n) is 0.517. The van der Waals surface area contributed by atoms with E-state index >= 15 is 0 Å². The summed E-state index contributed by atoms with van der Waals surface area (Å²) in [6.45, 7) is 3.98. The van der Waals surface area contributed by atoms with Crippen molar-refractivity contribution in [3.05, 3.63) is 12.2 Å². The van der Waals surface area contributed by atoms with Crippen LogP contribution in [0, 0.1) is 0 Å². The van der Waals surface area contributed by atoms with Crippen LogP contribution < -0.4 is 0 Å². The molecule has 0 bridgehead atoms. The monoisotopic (exact) mass is 262 g/mol. The van der Waals surface area contributed by atoms with Gasteiger partial charge >= 0.3 is 57.4 Å². The van der Waals surface area contributed by atoms with E-state index in [0.29, 0.717) is 13.2 Å². The van der Waals surface area contributed by atoms with Crippen molar-refractivity contribution in [1.82, 2.24) is 0 Å². The molecule has 0 aromatic heterocycles. The zero-order valence-electron chi connectivity index (χ0n) is 7.20. The van der Waals surface area contributed by atoms with Crippen molar-refractivity contribution in [3.8, 4) is 0 Å². The van der Waals surface area contributed by atoms with Gasteiger partial charge in [0.15, 0.2) is 0 Å². The van der Waals surface area contributed by atoms with E-state index < -0.39 is 11.9 Å². The molecule has 0 unspecified atom stereocenters. The number of carbonyl (C=O) groups is 2. The van der Waals surface area contributed by atoms with Crippen LogP contribution in [-0.2, 0) is 19.1 Å². The van der Waals surface area contributed by atoms with Crippen LogP contribution in [0.4, 0.5) is 0 Å². The van der Waals surface area contributed by atoms with E-state index in [4.69, 9.17) is 0 Å². The van der Waals surface area contributed by atoms with Gasteiger partial charge < -0.3 is 9.47 Å². The average molecular weight is 262 g/mol. The average Bonchev–Trinajstić information content (AvgIpc) is 2.02. The van der Waals surface area contributed by atoms with Gasteiger partial charge in [-0.3, -0.25) is 0 Å². The van der Waals surface area contributed by atoms with Crippen molar-refractivity contribution in [2.45, 2.75) is 13.8 Å². The van der Waals surface area contributed by atoms with Crippen LogP contribution in [0.5, 0.6) is 0 Å². The SMILES string of the molecule is CCOC(=O)/C=C/C(=O)OCC.[SrH2]. The molecule has 0 radical (unpaired) electrons. The zero-order chi connectivity index (χ0) is 9.40. The summed E-state index contributed by atoms with van der Waals surface area (Å²) in [4.78, 5) is 21.3. The van der Waals surface area contributed by atoms with Gasteiger partial charge in [0.05, 0.1) is 13.2 Å². The summed E-state index contributed by atoms with van der Waals surface area (Å²) < 4.78 is 9.07. The second-order valence-corrected chi connectivity index (χ2v) is 1.84. The van der Waals surface area contributed by atoms with Crippen LogP contribution in [0.25, 0.3) is 0 Å². The van der Waals surface area contributed by atoms with Crippen LogP contribution in [0.3, 0.4) is 0 Å². The van der Waals surface area contributed by atoms with Gasteiger partial charge in [-0.15, -0.1) is 0 Å². The molecule has 0 aromatic rings. The molecule has 13 heavy (non-hydrogen) atoms. The predicted molar refractivity (Wildman–Crippen MR) is 51.0 cm³/mol. The first-order valence-corrected chi connectivity index (χ1v) is 3.72. The summed E-state index contributed by atoms with van der Waals surface area (Å²) in [5, 5.41) is 0. The molecule has 72 valence electrons. The fraction of sp³-hybridized carbons (Fsp3) is 0.500. The predicted octanol–water partition coefficient (Wildman–Crippen LogP) is -0.247. The van der Waals surface area contributed by atoms with Crippen molar-refractivity contribution < 1.29 is 19.1 Å². The fourth-order valence-corrected chi connectivity index (χ4v) is 0.517. The van der Waals surface area contributed by atoms with Crippen LogP contribution in [0.2, 0.25) is 0 Å². The molecule has 0 amide bonds. The van der Waals surface area contributed by atoms with E-state index in [1.165, 1.54) is 0 Å². The molecular weight excluding hydrogens is 248 g/mol. The van der Waals surface area contributed by atoms with Gasteiger partial charge in [0, 0.05) is 12.2 Å². The topological polar surface area (TPSA) is 52.6 Å². The number of ether oxygens (including phenoxy) is 2. The molecule has 0 saturated heterocycles. The van der Waals surface area contributed by atoms with Crippen LogP contribution >= 0.6 is 0 Å². The summed E-state index contributed by atoms with van der Waals surface area (Å²) in [6.07, 6.45) is 2.09. The number of esters is 2. The molecule has 0 N–H and O–H groups in total. The summed E-state index contributed by atoms with van der Waals surface area (Å²) in [7, 11) is 0. The Kier molecular flexibility index (Phi) is 12.3. The molecular formula is C8H14O4Sr. The summed E-state index contributed by atoms with van der Waals surface area (Å²) in [5.41, 5.74) is 0. The Hall–Kier alpha value is 0.161. The van der Waals surface area contributed by atoms with Gasteiger partial charge in [-0.1, -0.05) is 0 Å². The zero-order valence-corrected chi connectivity index (χ0v) is 7.20. The number of rotatable bonds is 4. The van der Waals surface area contributed by atoms with E-state index in [-0.39, 0.29) is 45.5 Å². The maximum atomic E-state index is 10.6. The molecule has 0 aliphatic carbocycles. The van der Waals surface area contributed by atoms with Gasteiger partial charge in [0.1, 0.15) is 0 Å². The molecule has 0 aromatic carbocycles. The number of hydrogen-bond donors (Lipinski definition) is 0.